The standard InChI is InChI=1S/C9H8ClNO4.Na.H/c10-5-1-2-6(9(14)15)7(3-5)11-4-8(12)13;;/h1-3,11H,4H2,(H,12,13)(H,14,15);;. The van der Waals surface area contributed by atoms with Gasteiger partial charge in [-0.15, -0.1) is 0 Å². The Bertz CT molecular complexity index is 410. The summed E-state index contributed by atoms with van der Waals surface area (Å²) in [6.07, 6.45) is 0. The van der Waals surface area contributed by atoms with E-state index >= 15 is 0 Å². The van der Waals surface area contributed by atoms with Gasteiger partial charge in [0.1, 0.15) is 6.54 Å². The fraction of sp³-hybridized carbons (Fsp3) is 0.111. The van der Waals surface area contributed by atoms with Gasteiger partial charge in [0.25, 0.3) is 0 Å². The molecule has 0 aliphatic heterocycles. The van der Waals surface area contributed by atoms with E-state index in [1.807, 2.05) is 0 Å². The predicted octanol–water partition coefficient (Wildman–Crippen LogP) is 0.886. The third-order valence-electron chi connectivity index (χ3n) is 1.64. The van der Waals surface area contributed by atoms with Gasteiger partial charge in [0.15, 0.2) is 0 Å². The van der Waals surface area contributed by atoms with Crippen LogP contribution in [-0.4, -0.2) is 58.3 Å². The van der Waals surface area contributed by atoms with Gasteiger partial charge < -0.3 is 15.5 Å². The molecule has 0 amide bonds. The first-order valence-corrected chi connectivity index (χ1v) is 4.37. The number of carboxylic acid groups (broad SMARTS) is 2. The summed E-state index contributed by atoms with van der Waals surface area (Å²) in [5.41, 5.74) is 0.179. The average Bonchev–Trinajstić information content (AvgIpc) is 2.14. The fourth-order valence-electron chi connectivity index (χ4n) is 1.02. The Morgan fingerprint density at radius 1 is 1.31 bits per heavy atom. The number of hydrogen-bond donors (Lipinski definition) is 3. The number of nitrogens with one attached hydrogen (secondary N) is 1. The van der Waals surface area contributed by atoms with Crippen molar-refractivity contribution in [3.8, 4) is 0 Å². The predicted molar refractivity (Wildman–Crippen MR) is 61.7 cm³/mol. The molecule has 0 saturated carbocycles. The van der Waals surface area contributed by atoms with E-state index in [0.717, 1.165) is 0 Å². The van der Waals surface area contributed by atoms with Gasteiger partial charge in [-0.25, -0.2) is 4.79 Å². The van der Waals surface area contributed by atoms with Crippen molar-refractivity contribution >= 4 is 58.8 Å². The number of halogens is 1. The van der Waals surface area contributed by atoms with Crippen LogP contribution in [0.15, 0.2) is 18.2 Å². The van der Waals surface area contributed by atoms with Crippen LogP contribution in [0.5, 0.6) is 0 Å². The molecule has 7 heteroatoms. The van der Waals surface area contributed by atoms with Gasteiger partial charge in [-0.3, -0.25) is 4.79 Å². The number of carboxylic acids is 2. The van der Waals surface area contributed by atoms with E-state index in [9.17, 15) is 9.59 Å². The van der Waals surface area contributed by atoms with Gasteiger partial charge in [-0.05, 0) is 18.2 Å². The molecule has 1 aromatic rings. The van der Waals surface area contributed by atoms with Crippen molar-refractivity contribution in [1.29, 1.82) is 0 Å². The molecular weight excluding hydrogens is 245 g/mol. The zero-order valence-corrected chi connectivity index (χ0v) is 8.28. The molecule has 1 aromatic carbocycles. The summed E-state index contributed by atoms with van der Waals surface area (Å²) in [6, 6.07) is 4.11. The van der Waals surface area contributed by atoms with Gasteiger partial charge >= 0.3 is 41.5 Å². The van der Waals surface area contributed by atoms with Crippen molar-refractivity contribution in [1.82, 2.24) is 0 Å². The molecule has 0 atom stereocenters. The van der Waals surface area contributed by atoms with E-state index in [-0.39, 0.29) is 47.4 Å². The molecule has 0 aliphatic rings. The molecule has 0 radical (unpaired) electrons. The third kappa shape index (κ3) is 4.40. The number of anilines is 1. The van der Waals surface area contributed by atoms with Crippen molar-refractivity contribution in [2.24, 2.45) is 0 Å². The molecule has 0 aromatic heterocycles. The molecule has 0 unspecified atom stereocenters. The summed E-state index contributed by atoms with van der Waals surface area (Å²) in [7, 11) is 0. The summed E-state index contributed by atoms with van der Waals surface area (Å²) in [6.45, 7) is -0.360. The topological polar surface area (TPSA) is 86.6 Å². The second-order valence-electron chi connectivity index (χ2n) is 2.74. The summed E-state index contributed by atoms with van der Waals surface area (Å²) < 4.78 is 0. The number of benzene rings is 1. The molecule has 16 heavy (non-hydrogen) atoms. The third-order valence-corrected chi connectivity index (χ3v) is 1.88. The minimum absolute atomic E-state index is 0. The average molecular weight is 254 g/mol. The molecule has 5 nitrogen and oxygen atoms in total. The number of aromatic carboxylic acids is 1. The van der Waals surface area contributed by atoms with Crippen LogP contribution in [0.2, 0.25) is 5.02 Å². The molecule has 82 valence electrons. The van der Waals surface area contributed by atoms with Crippen LogP contribution >= 0.6 is 11.6 Å². The molecule has 0 saturated heterocycles. The first kappa shape index (κ1) is 15.2. The van der Waals surface area contributed by atoms with Gasteiger partial charge in [0.05, 0.1) is 11.3 Å². The van der Waals surface area contributed by atoms with Gasteiger partial charge in [0, 0.05) is 5.02 Å². The van der Waals surface area contributed by atoms with Crippen LogP contribution in [0.4, 0.5) is 5.69 Å². The second kappa shape index (κ2) is 6.75. The van der Waals surface area contributed by atoms with Crippen LogP contribution in [0.25, 0.3) is 0 Å². The maximum absolute atomic E-state index is 10.7. The van der Waals surface area contributed by atoms with E-state index in [2.05, 4.69) is 5.32 Å². The zero-order valence-electron chi connectivity index (χ0n) is 7.53. The van der Waals surface area contributed by atoms with Crippen LogP contribution in [0.3, 0.4) is 0 Å². The van der Waals surface area contributed by atoms with Crippen LogP contribution in [0.1, 0.15) is 10.4 Å². The van der Waals surface area contributed by atoms with Gasteiger partial charge in [0.2, 0.25) is 0 Å². The monoisotopic (exact) mass is 253 g/mol. The summed E-state index contributed by atoms with van der Waals surface area (Å²) in [5.74, 6) is -2.22. The number of aliphatic carboxylic acids is 1. The van der Waals surface area contributed by atoms with Crippen molar-refractivity contribution < 1.29 is 19.8 Å². The van der Waals surface area contributed by atoms with Crippen LogP contribution in [-0.2, 0) is 4.79 Å². The number of hydrogen-bond acceptors (Lipinski definition) is 3. The molecule has 1 rings (SSSR count). The molecule has 3 N–H and O–H groups in total. The van der Waals surface area contributed by atoms with Crippen molar-refractivity contribution in [2.45, 2.75) is 0 Å². The molecule has 0 heterocycles. The van der Waals surface area contributed by atoms with Gasteiger partial charge in [-0.2, -0.15) is 0 Å². The SMILES string of the molecule is O=C(O)CNc1cc(Cl)ccc1C(=O)O.[NaH]. The van der Waals surface area contributed by atoms with Crippen LogP contribution in [0, 0.1) is 0 Å². The van der Waals surface area contributed by atoms with E-state index in [0.29, 0.717) is 5.02 Å². The maximum atomic E-state index is 10.7. The summed E-state index contributed by atoms with van der Waals surface area (Å²) >= 11 is 5.66. The molecule has 0 fully saturated rings. The fourth-order valence-corrected chi connectivity index (χ4v) is 1.19. The van der Waals surface area contributed by atoms with E-state index in [4.69, 9.17) is 21.8 Å². The van der Waals surface area contributed by atoms with Crippen molar-refractivity contribution in [3.63, 3.8) is 0 Å². The van der Waals surface area contributed by atoms with Gasteiger partial charge in [-0.1, -0.05) is 11.6 Å². The molecule has 0 spiro atoms. The Labute approximate surface area is 119 Å². The number of rotatable bonds is 4. The number of carbonyl (C=O) groups is 2. The van der Waals surface area contributed by atoms with E-state index in [1.54, 1.807) is 0 Å². The second-order valence-corrected chi connectivity index (χ2v) is 3.18. The quantitative estimate of drug-likeness (QED) is 0.694. The minimum atomic E-state index is -1.14. The first-order chi connectivity index (χ1) is 7.00. The Hall–Kier alpha value is -0.750. The Balaban J connectivity index is 0.00000225. The molecule has 0 aliphatic carbocycles. The zero-order chi connectivity index (χ0) is 11.4. The first-order valence-electron chi connectivity index (χ1n) is 3.99. The van der Waals surface area contributed by atoms with Crippen molar-refractivity contribution in [2.75, 3.05) is 11.9 Å². The summed E-state index contributed by atoms with van der Waals surface area (Å²) in [4.78, 5) is 21.0. The Kier molecular flexibility index (Phi) is 6.43. The Morgan fingerprint density at radius 2 is 1.94 bits per heavy atom. The van der Waals surface area contributed by atoms with Crippen molar-refractivity contribution in [3.05, 3.63) is 28.8 Å². The Morgan fingerprint density at radius 3 is 2.44 bits per heavy atom. The molecular formula is C9H9ClNNaO4. The summed E-state index contributed by atoms with van der Waals surface area (Å²) in [5, 5.41) is 20.0. The van der Waals surface area contributed by atoms with E-state index in [1.165, 1.54) is 18.2 Å². The normalized spacial score (nSPS) is 9.06. The van der Waals surface area contributed by atoms with E-state index < -0.39 is 11.9 Å². The molecule has 0 bridgehead atoms. The van der Waals surface area contributed by atoms with Crippen LogP contribution < -0.4 is 5.32 Å².